The van der Waals surface area contributed by atoms with Crippen molar-refractivity contribution in [2.45, 2.75) is 50.7 Å². The van der Waals surface area contributed by atoms with Crippen molar-refractivity contribution < 1.29 is 31.6 Å². The highest BCUT2D eigenvalue weighted by atomic mass is 19.4. The van der Waals surface area contributed by atoms with Gasteiger partial charge in [0.1, 0.15) is 17.3 Å². The Labute approximate surface area is 195 Å². The summed E-state index contributed by atoms with van der Waals surface area (Å²) < 4.78 is 61.1. The second-order valence-corrected chi connectivity index (χ2v) is 9.16. The van der Waals surface area contributed by atoms with Crippen molar-refractivity contribution in [2.24, 2.45) is 11.1 Å². The van der Waals surface area contributed by atoms with Crippen molar-refractivity contribution in [3.8, 4) is 0 Å². The SMILES string of the molecule is Cc1ccc([C@@H](CC(=O)NC[C@H](Cc2ccc(C(N)=O)c(F)c2)N(C)C)C2(C(F)(F)F)CC2)o1. The molecule has 1 aliphatic rings. The van der Waals surface area contributed by atoms with E-state index in [9.17, 15) is 27.2 Å². The van der Waals surface area contributed by atoms with Crippen LogP contribution in [-0.4, -0.2) is 49.6 Å². The maximum absolute atomic E-state index is 14.1. The van der Waals surface area contributed by atoms with E-state index in [4.69, 9.17) is 10.2 Å². The number of nitrogens with one attached hydrogen (secondary N) is 1. The Balaban J connectivity index is 1.68. The van der Waals surface area contributed by atoms with E-state index >= 15 is 0 Å². The number of furan rings is 1. The number of carbonyl (C=O) groups excluding carboxylic acids is 2. The van der Waals surface area contributed by atoms with Gasteiger partial charge in [-0.25, -0.2) is 4.39 Å². The number of hydrogen-bond donors (Lipinski definition) is 2. The lowest BCUT2D eigenvalue weighted by molar-refractivity contribution is -0.196. The molecule has 0 radical (unpaired) electrons. The fraction of sp³-hybridized carbons (Fsp3) is 0.500. The first-order valence-corrected chi connectivity index (χ1v) is 11.0. The number of primary amides is 1. The zero-order valence-corrected chi connectivity index (χ0v) is 19.3. The molecule has 1 aromatic carbocycles. The molecular formula is C24H29F4N3O3. The largest absolute Gasteiger partial charge is 0.466 e. The Hall–Kier alpha value is -2.88. The van der Waals surface area contributed by atoms with Crippen LogP contribution in [0.4, 0.5) is 17.6 Å². The summed E-state index contributed by atoms with van der Waals surface area (Å²) in [6.07, 6.45) is -4.53. The molecule has 6 nitrogen and oxygen atoms in total. The predicted octanol–water partition coefficient (Wildman–Crippen LogP) is 3.93. The van der Waals surface area contributed by atoms with Crippen LogP contribution in [0.15, 0.2) is 34.7 Å². The van der Waals surface area contributed by atoms with Crippen molar-refractivity contribution in [2.75, 3.05) is 20.6 Å². The molecule has 2 amide bonds. The first-order chi connectivity index (χ1) is 15.8. The van der Waals surface area contributed by atoms with E-state index in [0.717, 1.165) is 0 Å². The molecule has 0 unspecified atom stereocenters. The fourth-order valence-electron chi connectivity index (χ4n) is 4.26. The van der Waals surface area contributed by atoms with Gasteiger partial charge in [-0.1, -0.05) is 6.07 Å². The molecule has 3 rings (SSSR count). The van der Waals surface area contributed by atoms with Crippen molar-refractivity contribution in [1.82, 2.24) is 10.2 Å². The summed E-state index contributed by atoms with van der Waals surface area (Å²) in [4.78, 5) is 25.8. The van der Waals surface area contributed by atoms with Crippen molar-refractivity contribution in [1.29, 1.82) is 0 Å². The van der Waals surface area contributed by atoms with E-state index < -0.39 is 35.1 Å². The van der Waals surface area contributed by atoms with E-state index in [1.807, 2.05) is 4.90 Å². The Morgan fingerprint density at radius 3 is 2.35 bits per heavy atom. The highest BCUT2D eigenvalue weighted by Crippen LogP contribution is 2.66. The van der Waals surface area contributed by atoms with Gasteiger partial charge in [-0.2, -0.15) is 13.2 Å². The molecule has 1 aromatic heterocycles. The van der Waals surface area contributed by atoms with Crippen LogP contribution in [0.5, 0.6) is 0 Å². The van der Waals surface area contributed by atoms with Gasteiger partial charge in [0, 0.05) is 24.9 Å². The third kappa shape index (κ3) is 5.60. The third-order valence-electron chi connectivity index (χ3n) is 6.55. The van der Waals surface area contributed by atoms with E-state index in [-0.39, 0.29) is 43.2 Å². The van der Waals surface area contributed by atoms with Gasteiger partial charge in [0.05, 0.1) is 11.0 Å². The lowest BCUT2D eigenvalue weighted by Gasteiger charge is -2.28. The number of alkyl halides is 3. The van der Waals surface area contributed by atoms with E-state index in [1.54, 1.807) is 33.2 Å². The fourth-order valence-corrected chi connectivity index (χ4v) is 4.26. The van der Waals surface area contributed by atoms with Crippen LogP contribution in [0, 0.1) is 18.2 Å². The average molecular weight is 484 g/mol. The Kier molecular flexibility index (Phi) is 7.40. The molecular weight excluding hydrogens is 454 g/mol. The van der Waals surface area contributed by atoms with Crippen LogP contribution in [0.3, 0.4) is 0 Å². The minimum atomic E-state index is -4.44. The van der Waals surface area contributed by atoms with Crippen LogP contribution >= 0.6 is 0 Å². The van der Waals surface area contributed by atoms with Crippen LogP contribution in [0.2, 0.25) is 0 Å². The molecule has 3 N–H and O–H groups in total. The zero-order chi connectivity index (χ0) is 25.3. The van der Waals surface area contributed by atoms with Crippen molar-refractivity contribution in [3.63, 3.8) is 0 Å². The van der Waals surface area contributed by atoms with E-state index in [1.165, 1.54) is 18.2 Å². The number of nitrogens with zero attached hydrogens (tertiary/aromatic N) is 1. The number of rotatable bonds is 10. The lowest BCUT2D eigenvalue weighted by Crippen LogP contribution is -2.42. The molecule has 2 aromatic rings. The van der Waals surface area contributed by atoms with Gasteiger partial charge in [-0.15, -0.1) is 0 Å². The minimum Gasteiger partial charge on any atom is -0.466 e. The summed E-state index contributed by atoms with van der Waals surface area (Å²) in [5.41, 5.74) is 3.56. The van der Waals surface area contributed by atoms with Gasteiger partial charge in [0.25, 0.3) is 5.91 Å². The van der Waals surface area contributed by atoms with Gasteiger partial charge >= 0.3 is 6.18 Å². The molecule has 1 fully saturated rings. The number of halogens is 4. The second-order valence-electron chi connectivity index (χ2n) is 9.16. The monoisotopic (exact) mass is 483 g/mol. The molecule has 186 valence electrons. The number of benzene rings is 1. The second kappa shape index (κ2) is 9.77. The van der Waals surface area contributed by atoms with Crippen LogP contribution < -0.4 is 11.1 Å². The van der Waals surface area contributed by atoms with Gasteiger partial charge in [0.2, 0.25) is 5.91 Å². The standard InChI is InChI=1S/C24H29F4N3O3/c1-14-4-7-20(34-14)18(23(8-9-23)24(26,27)28)12-21(32)30-13-16(31(2)3)10-15-5-6-17(22(29)33)19(25)11-15/h4-7,11,16,18H,8-10,12-13H2,1-3H3,(H2,29,33)(H,30,32)/t16-,18+/m0/s1. The minimum absolute atomic E-state index is 0.0403. The topological polar surface area (TPSA) is 88.6 Å². The smallest absolute Gasteiger partial charge is 0.395 e. The predicted molar refractivity (Wildman–Crippen MR) is 118 cm³/mol. The normalized spacial score (nSPS) is 16.8. The summed E-state index contributed by atoms with van der Waals surface area (Å²) in [5, 5.41) is 2.73. The molecule has 0 spiro atoms. The number of likely N-dealkylation sites (N-methyl/N-ethyl adjacent to an activating group) is 1. The number of amides is 2. The molecule has 0 saturated heterocycles. The molecule has 1 saturated carbocycles. The molecule has 2 atom stereocenters. The summed E-state index contributed by atoms with van der Waals surface area (Å²) in [6.45, 7) is 1.79. The Bertz CT molecular complexity index is 1040. The van der Waals surface area contributed by atoms with Crippen molar-refractivity contribution >= 4 is 11.8 Å². The summed E-state index contributed by atoms with van der Waals surface area (Å²) >= 11 is 0. The van der Waals surface area contributed by atoms with Gasteiger partial charge in [0.15, 0.2) is 0 Å². The average Bonchev–Trinajstić information content (AvgIpc) is 3.44. The highest BCUT2D eigenvalue weighted by Gasteiger charge is 2.68. The molecule has 34 heavy (non-hydrogen) atoms. The number of hydrogen-bond acceptors (Lipinski definition) is 4. The molecule has 1 aliphatic carbocycles. The van der Waals surface area contributed by atoms with E-state index in [0.29, 0.717) is 17.7 Å². The maximum Gasteiger partial charge on any atom is 0.395 e. The zero-order valence-electron chi connectivity index (χ0n) is 19.3. The molecule has 0 aliphatic heterocycles. The van der Waals surface area contributed by atoms with Crippen LogP contribution in [0.1, 0.15) is 52.6 Å². The third-order valence-corrected chi connectivity index (χ3v) is 6.55. The van der Waals surface area contributed by atoms with Crippen LogP contribution in [0.25, 0.3) is 0 Å². The summed E-state index contributed by atoms with van der Waals surface area (Å²) in [7, 11) is 3.56. The Morgan fingerprint density at radius 2 is 1.88 bits per heavy atom. The first kappa shape index (κ1) is 25.7. The van der Waals surface area contributed by atoms with Crippen molar-refractivity contribution in [3.05, 3.63) is 58.8 Å². The quantitative estimate of drug-likeness (QED) is 0.502. The van der Waals surface area contributed by atoms with E-state index in [2.05, 4.69) is 5.32 Å². The maximum atomic E-state index is 14.1. The highest BCUT2D eigenvalue weighted by molar-refractivity contribution is 5.93. The van der Waals surface area contributed by atoms with Crippen LogP contribution in [-0.2, 0) is 11.2 Å². The number of nitrogens with two attached hydrogens (primary N) is 1. The van der Waals surface area contributed by atoms with Gasteiger partial charge in [-0.3, -0.25) is 9.59 Å². The Morgan fingerprint density at radius 1 is 1.21 bits per heavy atom. The molecule has 10 heteroatoms. The first-order valence-electron chi connectivity index (χ1n) is 11.0. The summed E-state index contributed by atoms with van der Waals surface area (Å²) in [6, 6.07) is 6.94. The molecule has 0 bridgehead atoms. The number of carbonyl (C=O) groups is 2. The van der Waals surface area contributed by atoms with Gasteiger partial charge < -0.3 is 20.4 Å². The summed E-state index contributed by atoms with van der Waals surface area (Å²) in [5.74, 6) is -2.57. The van der Waals surface area contributed by atoms with Gasteiger partial charge in [-0.05, 0) is 70.1 Å². The number of aryl methyl sites for hydroxylation is 1. The lowest BCUT2D eigenvalue weighted by atomic mass is 9.83. The molecule has 1 heterocycles.